The maximum atomic E-state index is 13.9. The molecule has 2 fully saturated rings. The lowest BCUT2D eigenvalue weighted by Gasteiger charge is -2.40. The molecule has 0 amide bonds. The highest BCUT2D eigenvalue weighted by atomic mass is 19.2. The number of rotatable bonds is 3. The molecule has 1 aliphatic heterocycles. The quantitative estimate of drug-likeness (QED) is 0.878. The van der Waals surface area contributed by atoms with Crippen LogP contribution in [-0.2, 0) is 0 Å². The zero-order chi connectivity index (χ0) is 14.7. The van der Waals surface area contributed by atoms with E-state index < -0.39 is 11.6 Å². The Kier molecular flexibility index (Phi) is 4.73. The van der Waals surface area contributed by atoms with E-state index in [1.807, 2.05) is 0 Å². The van der Waals surface area contributed by atoms with Gasteiger partial charge >= 0.3 is 0 Å². The van der Waals surface area contributed by atoms with Crippen molar-refractivity contribution in [3.8, 4) is 0 Å². The van der Waals surface area contributed by atoms with Crippen molar-refractivity contribution >= 4 is 5.69 Å². The first-order valence-corrected chi connectivity index (χ1v) is 8.19. The Morgan fingerprint density at radius 3 is 2.62 bits per heavy atom. The van der Waals surface area contributed by atoms with Crippen molar-refractivity contribution in [1.29, 1.82) is 0 Å². The fourth-order valence-electron chi connectivity index (χ4n) is 3.88. The maximum Gasteiger partial charge on any atom is 0.181 e. The number of benzene rings is 1. The van der Waals surface area contributed by atoms with E-state index in [4.69, 9.17) is 0 Å². The smallest absolute Gasteiger partial charge is 0.181 e. The predicted molar refractivity (Wildman–Crippen MR) is 81.4 cm³/mol. The van der Waals surface area contributed by atoms with Crippen LogP contribution >= 0.6 is 0 Å². The number of nitrogens with one attached hydrogen (secondary N) is 2. The fourth-order valence-corrected chi connectivity index (χ4v) is 3.88. The van der Waals surface area contributed by atoms with Gasteiger partial charge in [0.2, 0.25) is 0 Å². The average Bonchev–Trinajstić information content (AvgIpc) is 2.53. The van der Waals surface area contributed by atoms with E-state index in [1.54, 1.807) is 12.1 Å². The van der Waals surface area contributed by atoms with Gasteiger partial charge < -0.3 is 10.6 Å². The van der Waals surface area contributed by atoms with E-state index in [9.17, 15) is 8.78 Å². The van der Waals surface area contributed by atoms with Crippen molar-refractivity contribution in [2.45, 2.75) is 57.0 Å². The second kappa shape index (κ2) is 6.73. The number of halogens is 2. The molecule has 0 bridgehead atoms. The maximum absolute atomic E-state index is 13.9. The third kappa shape index (κ3) is 3.37. The lowest BCUT2D eigenvalue weighted by Crippen LogP contribution is -2.48. The third-order valence-corrected chi connectivity index (χ3v) is 4.98. The Labute approximate surface area is 125 Å². The molecule has 4 heteroatoms. The van der Waals surface area contributed by atoms with Crippen molar-refractivity contribution < 1.29 is 8.78 Å². The molecule has 0 radical (unpaired) electrons. The van der Waals surface area contributed by atoms with Crippen LogP contribution in [0.25, 0.3) is 0 Å². The second-order valence-electron chi connectivity index (χ2n) is 6.36. The van der Waals surface area contributed by atoms with Crippen molar-refractivity contribution in [2.24, 2.45) is 5.92 Å². The van der Waals surface area contributed by atoms with Crippen LogP contribution in [0.1, 0.15) is 44.9 Å². The molecule has 116 valence electrons. The number of anilines is 1. The normalized spacial score (nSPS) is 30.1. The van der Waals surface area contributed by atoms with Crippen LogP contribution in [0.3, 0.4) is 0 Å². The summed E-state index contributed by atoms with van der Waals surface area (Å²) in [5.41, 5.74) is 0.308. The molecule has 2 aliphatic rings. The van der Waals surface area contributed by atoms with Crippen LogP contribution in [0.4, 0.5) is 14.5 Å². The fraction of sp³-hybridized carbons (Fsp3) is 0.647. The Morgan fingerprint density at radius 2 is 1.81 bits per heavy atom. The van der Waals surface area contributed by atoms with Gasteiger partial charge in [-0.05, 0) is 50.3 Å². The minimum absolute atomic E-state index is 0.241. The largest absolute Gasteiger partial charge is 0.380 e. The molecule has 3 unspecified atom stereocenters. The Morgan fingerprint density at radius 1 is 1.00 bits per heavy atom. The first-order chi connectivity index (χ1) is 10.3. The van der Waals surface area contributed by atoms with Crippen LogP contribution in [0.15, 0.2) is 18.2 Å². The van der Waals surface area contributed by atoms with Gasteiger partial charge in [-0.25, -0.2) is 8.78 Å². The number of piperidine rings is 1. The van der Waals surface area contributed by atoms with Gasteiger partial charge in [0.05, 0.1) is 5.69 Å². The topological polar surface area (TPSA) is 24.1 Å². The molecular formula is C17H24F2N2. The molecule has 1 saturated carbocycles. The SMILES string of the molecule is Fc1cccc(NC2CCCCC2C2CCCCN2)c1F. The Hall–Kier alpha value is -1.16. The van der Waals surface area contributed by atoms with Gasteiger partial charge in [-0.2, -0.15) is 0 Å². The molecule has 21 heavy (non-hydrogen) atoms. The Balaban J connectivity index is 1.73. The van der Waals surface area contributed by atoms with E-state index in [0.717, 1.165) is 19.4 Å². The Bertz CT molecular complexity index is 472. The summed E-state index contributed by atoms with van der Waals surface area (Å²) in [5, 5.41) is 6.91. The van der Waals surface area contributed by atoms with Crippen LogP contribution in [0.2, 0.25) is 0 Å². The van der Waals surface area contributed by atoms with Crippen LogP contribution in [-0.4, -0.2) is 18.6 Å². The van der Waals surface area contributed by atoms with Gasteiger partial charge in [0, 0.05) is 12.1 Å². The summed E-state index contributed by atoms with van der Waals surface area (Å²) in [5.74, 6) is -1.01. The van der Waals surface area contributed by atoms with Gasteiger partial charge in [-0.15, -0.1) is 0 Å². The minimum atomic E-state index is -0.775. The third-order valence-electron chi connectivity index (χ3n) is 4.98. The zero-order valence-electron chi connectivity index (χ0n) is 12.4. The van der Waals surface area contributed by atoms with Gasteiger partial charge in [0.25, 0.3) is 0 Å². The zero-order valence-corrected chi connectivity index (χ0v) is 12.4. The summed E-state index contributed by atoms with van der Waals surface area (Å²) < 4.78 is 27.2. The van der Waals surface area contributed by atoms with Crippen molar-refractivity contribution in [3.05, 3.63) is 29.8 Å². The van der Waals surface area contributed by atoms with Gasteiger partial charge in [-0.1, -0.05) is 25.3 Å². The molecule has 1 aliphatic carbocycles. The molecule has 0 aromatic heterocycles. The van der Waals surface area contributed by atoms with Crippen LogP contribution < -0.4 is 10.6 Å². The van der Waals surface area contributed by atoms with Gasteiger partial charge in [0.1, 0.15) is 0 Å². The molecule has 1 aromatic carbocycles. The number of hydrogen-bond donors (Lipinski definition) is 2. The molecule has 1 heterocycles. The molecule has 1 aromatic rings. The van der Waals surface area contributed by atoms with Crippen molar-refractivity contribution in [1.82, 2.24) is 5.32 Å². The summed E-state index contributed by atoms with van der Waals surface area (Å²) in [6.45, 7) is 1.09. The van der Waals surface area contributed by atoms with Crippen LogP contribution in [0, 0.1) is 17.6 Å². The minimum Gasteiger partial charge on any atom is -0.380 e. The average molecular weight is 294 g/mol. The van der Waals surface area contributed by atoms with E-state index in [1.165, 1.54) is 38.2 Å². The monoisotopic (exact) mass is 294 g/mol. The summed E-state index contributed by atoms with van der Waals surface area (Å²) in [4.78, 5) is 0. The number of hydrogen-bond acceptors (Lipinski definition) is 2. The van der Waals surface area contributed by atoms with E-state index in [0.29, 0.717) is 17.6 Å². The highest BCUT2D eigenvalue weighted by Gasteiger charge is 2.32. The van der Waals surface area contributed by atoms with Crippen LogP contribution in [0.5, 0.6) is 0 Å². The second-order valence-corrected chi connectivity index (χ2v) is 6.36. The summed E-state index contributed by atoms with van der Waals surface area (Å²) >= 11 is 0. The first kappa shape index (κ1) is 14.8. The summed E-state index contributed by atoms with van der Waals surface area (Å²) in [6.07, 6.45) is 8.35. The van der Waals surface area contributed by atoms with Gasteiger partial charge in [-0.3, -0.25) is 0 Å². The van der Waals surface area contributed by atoms with Gasteiger partial charge in [0.15, 0.2) is 11.6 Å². The molecule has 3 rings (SSSR count). The first-order valence-electron chi connectivity index (χ1n) is 8.19. The standard InChI is InChI=1S/C17H24F2N2/c18-13-7-5-10-16(17(13)19)21-15-9-2-1-6-12(15)14-8-3-4-11-20-14/h5,7,10,12,14-15,20-21H,1-4,6,8-9,11H2. The lowest BCUT2D eigenvalue weighted by molar-refractivity contribution is 0.217. The molecule has 2 nitrogen and oxygen atoms in total. The van der Waals surface area contributed by atoms with Crippen molar-refractivity contribution in [2.75, 3.05) is 11.9 Å². The molecule has 0 spiro atoms. The van der Waals surface area contributed by atoms with E-state index >= 15 is 0 Å². The summed E-state index contributed by atoms with van der Waals surface area (Å²) in [6, 6.07) is 5.14. The van der Waals surface area contributed by atoms with Crippen molar-refractivity contribution in [3.63, 3.8) is 0 Å². The molecule has 3 atom stereocenters. The highest BCUT2D eigenvalue weighted by Crippen LogP contribution is 2.33. The highest BCUT2D eigenvalue weighted by molar-refractivity contribution is 5.46. The molecule has 2 N–H and O–H groups in total. The predicted octanol–water partition coefficient (Wildman–Crippen LogP) is 4.08. The lowest BCUT2D eigenvalue weighted by atomic mass is 9.77. The molecule has 1 saturated heterocycles. The molecular weight excluding hydrogens is 270 g/mol. The summed E-state index contributed by atoms with van der Waals surface area (Å²) in [7, 11) is 0. The van der Waals surface area contributed by atoms with E-state index in [2.05, 4.69) is 10.6 Å². The van der Waals surface area contributed by atoms with E-state index in [-0.39, 0.29) is 6.04 Å².